The van der Waals surface area contributed by atoms with Crippen molar-refractivity contribution in [3.63, 3.8) is 0 Å². The van der Waals surface area contributed by atoms with E-state index in [0.717, 1.165) is 11.6 Å². The lowest BCUT2D eigenvalue weighted by Gasteiger charge is -2.14. The highest BCUT2D eigenvalue weighted by Crippen LogP contribution is 2.17. The van der Waals surface area contributed by atoms with Gasteiger partial charge in [-0.3, -0.25) is 0 Å². The van der Waals surface area contributed by atoms with E-state index in [-0.39, 0.29) is 0 Å². The van der Waals surface area contributed by atoms with Crippen molar-refractivity contribution >= 4 is 23.4 Å². The van der Waals surface area contributed by atoms with Gasteiger partial charge in [0.05, 0.1) is 0 Å². The van der Waals surface area contributed by atoms with Gasteiger partial charge < -0.3 is 5.32 Å². The molecule has 0 radical (unpaired) electrons. The third-order valence-corrected chi connectivity index (χ3v) is 3.60. The van der Waals surface area contributed by atoms with Crippen LogP contribution in [0, 0.1) is 6.92 Å². The van der Waals surface area contributed by atoms with Crippen molar-refractivity contribution in [2.24, 2.45) is 0 Å². The van der Waals surface area contributed by atoms with E-state index in [1.54, 1.807) is 0 Å². The zero-order valence-corrected chi connectivity index (χ0v) is 11.8. The molecule has 0 aliphatic carbocycles. The first kappa shape index (κ1) is 13.9. The van der Waals surface area contributed by atoms with Gasteiger partial charge in [-0.1, -0.05) is 23.7 Å². The minimum atomic E-state index is 0.546. The van der Waals surface area contributed by atoms with E-state index >= 15 is 0 Å². The molecule has 0 spiro atoms. The van der Waals surface area contributed by atoms with E-state index in [4.69, 9.17) is 11.6 Å². The fourth-order valence-electron chi connectivity index (χ4n) is 1.48. The summed E-state index contributed by atoms with van der Waals surface area (Å²) < 4.78 is 0. The smallest absolute Gasteiger partial charge is 0.0453 e. The number of hydrogen-bond donors (Lipinski definition) is 1. The van der Waals surface area contributed by atoms with Gasteiger partial charge in [0.15, 0.2) is 0 Å². The zero-order valence-electron chi connectivity index (χ0n) is 10.2. The molecular weight excluding hydrogens is 238 g/mol. The van der Waals surface area contributed by atoms with Crippen molar-refractivity contribution in [3.8, 4) is 0 Å². The van der Waals surface area contributed by atoms with E-state index in [9.17, 15) is 0 Å². The second-order valence-corrected chi connectivity index (χ2v) is 5.55. The standard InChI is InChI=1S/C13H20ClNS/c1-10-4-5-12(13(14)8-10)9-15-11(2)6-7-16-3/h4-5,8,11,15H,6-7,9H2,1-3H3. The number of nitrogens with one attached hydrogen (secondary N) is 1. The van der Waals surface area contributed by atoms with Gasteiger partial charge in [-0.15, -0.1) is 0 Å². The summed E-state index contributed by atoms with van der Waals surface area (Å²) in [5.74, 6) is 1.20. The molecule has 1 rings (SSSR count). The lowest BCUT2D eigenvalue weighted by Crippen LogP contribution is -2.26. The number of thioether (sulfide) groups is 1. The third kappa shape index (κ3) is 4.77. The van der Waals surface area contributed by atoms with E-state index in [0.29, 0.717) is 6.04 Å². The van der Waals surface area contributed by atoms with Crippen LogP contribution in [0.2, 0.25) is 5.02 Å². The maximum absolute atomic E-state index is 6.17. The molecule has 0 aliphatic rings. The van der Waals surface area contributed by atoms with Gasteiger partial charge in [-0.25, -0.2) is 0 Å². The Hall–Kier alpha value is -0.180. The van der Waals surface area contributed by atoms with Crippen molar-refractivity contribution in [1.82, 2.24) is 5.32 Å². The van der Waals surface area contributed by atoms with Crippen molar-refractivity contribution in [1.29, 1.82) is 0 Å². The molecule has 0 bridgehead atoms. The number of rotatable bonds is 6. The molecule has 3 heteroatoms. The topological polar surface area (TPSA) is 12.0 Å². The normalized spacial score (nSPS) is 12.8. The van der Waals surface area contributed by atoms with Crippen LogP contribution >= 0.6 is 23.4 Å². The molecule has 0 aromatic heterocycles. The van der Waals surface area contributed by atoms with Crippen LogP contribution in [0.4, 0.5) is 0 Å². The van der Waals surface area contributed by atoms with Gasteiger partial charge in [0.25, 0.3) is 0 Å². The van der Waals surface area contributed by atoms with Crippen LogP contribution in [0.1, 0.15) is 24.5 Å². The average molecular weight is 258 g/mol. The summed E-state index contributed by atoms with van der Waals surface area (Å²) in [5.41, 5.74) is 2.40. The Bertz CT molecular complexity index is 328. The molecular formula is C13H20ClNS. The average Bonchev–Trinajstić information content (AvgIpc) is 2.25. The van der Waals surface area contributed by atoms with Crippen molar-refractivity contribution in [3.05, 3.63) is 34.3 Å². The van der Waals surface area contributed by atoms with Crippen LogP contribution in [0.15, 0.2) is 18.2 Å². The second kappa shape index (κ2) is 7.21. The number of benzene rings is 1. The number of hydrogen-bond acceptors (Lipinski definition) is 2. The highest BCUT2D eigenvalue weighted by atomic mass is 35.5. The second-order valence-electron chi connectivity index (χ2n) is 4.16. The maximum Gasteiger partial charge on any atom is 0.0453 e. The predicted molar refractivity (Wildman–Crippen MR) is 75.5 cm³/mol. The third-order valence-electron chi connectivity index (χ3n) is 2.60. The molecule has 90 valence electrons. The first-order chi connectivity index (χ1) is 7.63. The number of aryl methyl sites for hydroxylation is 1. The molecule has 1 unspecified atom stereocenters. The van der Waals surface area contributed by atoms with Gasteiger partial charge in [0.2, 0.25) is 0 Å². The summed E-state index contributed by atoms with van der Waals surface area (Å²) >= 11 is 8.06. The quantitative estimate of drug-likeness (QED) is 0.830. The summed E-state index contributed by atoms with van der Waals surface area (Å²) in [5, 5.41) is 4.36. The molecule has 1 aromatic rings. The summed E-state index contributed by atoms with van der Waals surface area (Å²) in [6, 6.07) is 6.77. The molecule has 0 heterocycles. The van der Waals surface area contributed by atoms with Crippen molar-refractivity contribution in [2.75, 3.05) is 12.0 Å². The van der Waals surface area contributed by atoms with Crippen LogP contribution in [-0.4, -0.2) is 18.1 Å². The van der Waals surface area contributed by atoms with Crippen LogP contribution in [0.25, 0.3) is 0 Å². The summed E-state index contributed by atoms with van der Waals surface area (Å²) in [6.45, 7) is 5.14. The molecule has 0 aliphatic heterocycles. The Balaban J connectivity index is 2.42. The highest BCUT2D eigenvalue weighted by molar-refractivity contribution is 7.98. The van der Waals surface area contributed by atoms with Gasteiger partial charge >= 0.3 is 0 Å². The molecule has 1 atom stereocenters. The molecule has 1 aromatic carbocycles. The maximum atomic E-state index is 6.17. The highest BCUT2D eigenvalue weighted by Gasteiger charge is 2.03. The molecule has 0 fully saturated rings. The summed E-state index contributed by atoms with van der Waals surface area (Å²) in [7, 11) is 0. The van der Waals surface area contributed by atoms with Gasteiger partial charge in [-0.2, -0.15) is 11.8 Å². The summed E-state index contributed by atoms with van der Waals surface area (Å²) in [6.07, 6.45) is 3.34. The van der Waals surface area contributed by atoms with Gasteiger partial charge in [0, 0.05) is 17.6 Å². The monoisotopic (exact) mass is 257 g/mol. The molecule has 0 amide bonds. The Kier molecular flexibility index (Phi) is 6.25. The van der Waals surface area contributed by atoms with Crippen LogP contribution < -0.4 is 5.32 Å². The van der Waals surface area contributed by atoms with Gasteiger partial charge in [-0.05, 0) is 49.5 Å². The first-order valence-corrected chi connectivity index (χ1v) is 7.38. The van der Waals surface area contributed by atoms with Crippen LogP contribution in [0.3, 0.4) is 0 Å². The first-order valence-electron chi connectivity index (χ1n) is 5.61. The van der Waals surface area contributed by atoms with Crippen molar-refractivity contribution in [2.45, 2.75) is 32.9 Å². The zero-order chi connectivity index (χ0) is 12.0. The lowest BCUT2D eigenvalue weighted by molar-refractivity contribution is 0.537. The van der Waals surface area contributed by atoms with Gasteiger partial charge in [0.1, 0.15) is 0 Å². The SMILES string of the molecule is CSCCC(C)NCc1ccc(C)cc1Cl. The Morgan fingerprint density at radius 2 is 2.19 bits per heavy atom. The molecule has 1 N–H and O–H groups in total. The van der Waals surface area contributed by atoms with Crippen LogP contribution in [0.5, 0.6) is 0 Å². The molecule has 16 heavy (non-hydrogen) atoms. The van der Waals surface area contributed by atoms with E-state index in [2.05, 4.69) is 37.6 Å². The van der Waals surface area contributed by atoms with E-state index in [1.165, 1.54) is 23.3 Å². The fraction of sp³-hybridized carbons (Fsp3) is 0.538. The molecule has 0 saturated carbocycles. The minimum absolute atomic E-state index is 0.546. The van der Waals surface area contributed by atoms with E-state index < -0.39 is 0 Å². The minimum Gasteiger partial charge on any atom is -0.310 e. The molecule has 0 saturated heterocycles. The van der Waals surface area contributed by atoms with Crippen molar-refractivity contribution < 1.29 is 0 Å². The molecule has 1 nitrogen and oxygen atoms in total. The largest absolute Gasteiger partial charge is 0.310 e. The Labute approximate surface area is 108 Å². The number of halogens is 1. The lowest BCUT2D eigenvalue weighted by atomic mass is 10.1. The Morgan fingerprint density at radius 3 is 2.81 bits per heavy atom. The predicted octanol–water partition coefficient (Wildman–Crippen LogP) is 3.88. The Morgan fingerprint density at radius 1 is 1.44 bits per heavy atom. The fourth-order valence-corrected chi connectivity index (χ4v) is 2.37. The van der Waals surface area contributed by atoms with Crippen LogP contribution in [-0.2, 0) is 6.54 Å². The summed E-state index contributed by atoms with van der Waals surface area (Å²) in [4.78, 5) is 0. The van der Waals surface area contributed by atoms with E-state index in [1.807, 2.05) is 17.8 Å².